The van der Waals surface area contributed by atoms with Crippen LogP contribution < -0.4 is 5.32 Å². The molecule has 28 heavy (non-hydrogen) atoms. The Balaban J connectivity index is 1.53. The van der Waals surface area contributed by atoms with Gasteiger partial charge in [-0.25, -0.2) is 0 Å². The number of carbonyl (C=O) groups is 1. The van der Waals surface area contributed by atoms with E-state index in [0.717, 1.165) is 18.7 Å². The summed E-state index contributed by atoms with van der Waals surface area (Å²) in [6, 6.07) is 23.5. The van der Waals surface area contributed by atoms with Crippen LogP contribution in [0.4, 0.5) is 0 Å². The van der Waals surface area contributed by atoms with Crippen molar-refractivity contribution in [1.82, 2.24) is 10.2 Å². The summed E-state index contributed by atoms with van der Waals surface area (Å²) < 4.78 is 0. The first-order valence-corrected chi connectivity index (χ1v) is 10.2. The summed E-state index contributed by atoms with van der Waals surface area (Å²) in [7, 11) is 0. The number of carbonyl (C=O) groups excluding carboxylic acids is 1. The van der Waals surface area contributed by atoms with Crippen molar-refractivity contribution in [3.8, 4) is 0 Å². The Labute approximate surface area is 167 Å². The molecule has 0 saturated carbocycles. The van der Waals surface area contributed by atoms with Crippen LogP contribution in [0, 0.1) is 6.92 Å². The summed E-state index contributed by atoms with van der Waals surface area (Å²) in [5.74, 6) is 0.0926. The van der Waals surface area contributed by atoms with Crippen LogP contribution in [0.3, 0.4) is 0 Å². The molecule has 0 unspecified atom stereocenters. The largest absolute Gasteiger partial charge is 0.354 e. The van der Waals surface area contributed by atoms with E-state index in [0.29, 0.717) is 13.0 Å². The van der Waals surface area contributed by atoms with Crippen LogP contribution in [-0.4, -0.2) is 30.4 Å². The summed E-state index contributed by atoms with van der Waals surface area (Å²) in [5, 5.41) is 5.76. The fourth-order valence-electron chi connectivity index (χ4n) is 4.31. The van der Waals surface area contributed by atoms with Gasteiger partial charge in [0.1, 0.15) is 0 Å². The van der Waals surface area contributed by atoms with E-state index in [1.54, 1.807) is 0 Å². The van der Waals surface area contributed by atoms with E-state index in [-0.39, 0.29) is 11.9 Å². The molecule has 1 atom stereocenters. The van der Waals surface area contributed by atoms with Crippen molar-refractivity contribution in [1.29, 1.82) is 0 Å². The number of hydrogen-bond donors (Lipinski definition) is 1. The zero-order valence-electron chi connectivity index (χ0n) is 16.5. The first kappa shape index (κ1) is 18.7. The smallest absolute Gasteiger partial charge is 0.224 e. The molecule has 3 heteroatoms. The quantitative estimate of drug-likeness (QED) is 0.683. The van der Waals surface area contributed by atoms with Gasteiger partial charge >= 0.3 is 0 Å². The second-order valence-corrected chi connectivity index (χ2v) is 7.80. The molecule has 3 nitrogen and oxygen atoms in total. The monoisotopic (exact) mass is 372 g/mol. The maximum atomic E-state index is 12.6. The Kier molecular flexibility index (Phi) is 5.73. The number of benzene rings is 3. The molecule has 3 aromatic rings. The van der Waals surface area contributed by atoms with Crippen molar-refractivity contribution in [2.75, 3.05) is 19.6 Å². The van der Waals surface area contributed by atoms with Crippen molar-refractivity contribution in [3.63, 3.8) is 0 Å². The normalized spacial score (nSPS) is 15.6. The first-order valence-electron chi connectivity index (χ1n) is 10.2. The molecule has 0 bridgehead atoms. The fraction of sp³-hybridized carbons (Fsp3) is 0.320. The third-order valence-electron chi connectivity index (χ3n) is 5.70. The zero-order valence-corrected chi connectivity index (χ0v) is 16.5. The second kappa shape index (κ2) is 8.57. The first-order chi connectivity index (χ1) is 13.7. The molecule has 144 valence electrons. The molecule has 1 saturated heterocycles. The Morgan fingerprint density at radius 1 is 1.00 bits per heavy atom. The Bertz CT molecular complexity index is 954. The van der Waals surface area contributed by atoms with Crippen LogP contribution in [-0.2, 0) is 11.2 Å². The molecule has 3 aromatic carbocycles. The standard InChI is InChI=1S/C25H28N2O/c1-19-8-6-9-20(16-19)17-25(28)26-18-24(27-14-4-5-15-27)23-13-7-11-21-10-2-3-12-22(21)23/h2-3,6-13,16,24H,4-5,14-15,17-18H2,1H3,(H,26,28)/t24-/m1/s1. The lowest BCUT2D eigenvalue weighted by Gasteiger charge is -2.29. The summed E-state index contributed by atoms with van der Waals surface area (Å²) in [6.07, 6.45) is 2.90. The van der Waals surface area contributed by atoms with Gasteiger partial charge in [-0.15, -0.1) is 0 Å². The van der Waals surface area contributed by atoms with Crippen molar-refractivity contribution >= 4 is 16.7 Å². The lowest BCUT2D eigenvalue weighted by atomic mass is 9.97. The van der Waals surface area contributed by atoms with Crippen molar-refractivity contribution in [2.24, 2.45) is 0 Å². The second-order valence-electron chi connectivity index (χ2n) is 7.80. The topological polar surface area (TPSA) is 32.3 Å². The lowest BCUT2D eigenvalue weighted by molar-refractivity contribution is -0.120. The van der Waals surface area contributed by atoms with Crippen LogP contribution >= 0.6 is 0 Å². The highest BCUT2D eigenvalue weighted by atomic mass is 16.1. The molecule has 4 rings (SSSR count). The molecule has 1 aliphatic heterocycles. The molecule has 1 heterocycles. The third kappa shape index (κ3) is 4.26. The number of hydrogen-bond acceptors (Lipinski definition) is 2. The van der Waals surface area contributed by atoms with Gasteiger partial charge in [-0.05, 0) is 54.8 Å². The molecule has 0 aromatic heterocycles. The number of amides is 1. The number of likely N-dealkylation sites (tertiary alicyclic amines) is 1. The zero-order chi connectivity index (χ0) is 19.3. The number of nitrogens with zero attached hydrogens (tertiary/aromatic N) is 1. The van der Waals surface area contributed by atoms with Gasteiger partial charge in [-0.1, -0.05) is 72.3 Å². The van der Waals surface area contributed by atoms with E-state index < -0.39 is 0 Å². The SMILES string of the molecule is Cc1cccc(CC(=O)NC[C@H](c2cccc3ccccc23)N2CCCC2)c1. The molecule has 1 fully saturated rings. The number of fused-ring (bicyclic) bond motifs is 1. The minimum absolute atomic E-state index is 0.0926. The highest BCUT2D eigenvalue weighted by Gasteiger charge is 2.25. The van der Waals surface area contributed by atoms with E-state index in [2.05, 4.69) is 71.7 Å². The molecule has 1 N–H and O–H groups in total. The minimum atomic E-state index is 0.0926. The van der Waals surface area contributed by atoms with Gasteiger partial charge in [0.25, 0.3) is 0 Å². The predicted octanol–water partition coefficient (Wildman–Crippen LogP) is 4.64. The predicted molar refractivity (Wildman–Crippen MR) is 115 cm³/mol. The maximum absolute atomic E-state index is 12.6. The highest BCUT2D eigenvalue weighted by Crippen LogP contribution is 2.30. The summed E-state index contributed by atoms with van der Waals surface area (Å²) in [5.41, 5.74) is 3.58. The molecule has 1 amide bonds. The summed E-state index contributed by atoms with van der Waals surface area (Å²) in [6.45, 7) is 4.91. The van der Waals surface area contributed by atoms with E-state index >= 15 is 0 Å². The number of rotatable bonds is 6. The molecular weight excluding hydrogens is 344 g/mol. The van der Waals surface area contributed by atoms with Gasteiger partial charge in [-0.3, -0.25) is 9.69 Å². The lowest BCUT2D eigenvalue weighted by Crippen LogP contribution is -2.37. The maximum Gasteiger partial charge on any atom is 0.224 e. The average Bonchev–Trinajstić information content (AvgIpc) is 3.23. The molecule has 0 radical (unpaired) electrons. The van der Waals surface area contributed by atoms with E-state index in [1.165, 1.54) is 34.7 Å². The van der Waals surface area contributed by atoms with Crippen LogP contribution in [0.5, 0.6) is 0 Å². The van der Waals surface area contributed by atoms with Crippen LogP contribution in [0.15, 0.2) is 66.7 Å². The Morgan fingerprint density at radius 3 is 2.57 bits per heavy atom. The van der Waals surface area contributed by atoms with Gasteiger partial charge in [0.2, 0.25) is 5.91 Å². The van der Waals surface area contributed by atoms with E-state index in [1.807, 2.05) is 12.1 Å². The third-order valence-corrected chi connectivity index (χ3v) is 5.70. The van der Waals surface area contributed by atoms with E-state index in [4.69, 9.17) is 0 Å². The average molecular weight is 373 g/mol. The molecule has 0 aliphatic carbocycles. The van der Waals surface area contributed by atoms with E-state index in [9.17, 15) is 4.79 Å². The number of nitrogens with one attached hydrogen (secondary N) is 1. The molecular formula is C25H28N2O. The number of aryl methyl sites for hydroxylation is 1. The van der Waals surface area contributed by atoms with Crippen LogP contribution in [0.1, 0.15) is 35.6 Å². The summed E-state index contributed by atoms with van der Waals surface area (Å²) in [4.78, 5) is 15.1. The molecule has 1 aliphatic rings. The minimum Gasteiger partial charge on any atom is -0.354 e. The summed E-state index contributed by atoms with van der Waals surface area (Å²) >= 11 is 0. The van der Waals surface area contributed by atoms with Gasteiger partial charge in [-0.2, -0.15) is 0 Å². The van der Waals surface area contributed by atoms with Crippen LogP contribution in [0.25, 0.3) is 10.8 Å². The Morgan fingerprint density at radius 2 is 1.75 bits per heavy atom. The van der Waals surface area contributed by atoms with Gasteiger partial charge in [0.15, 0.2) is 0 Å². The fourth-order valence-corrected chi connectivity index (χ4v) is 4.31. The van der Waals surface area contributed by atoms with Crippen molar-refractivity contribution in [2.45, 2.75) is 32.2 Å². The highest BCUT2D eigenvalue weighted by molar-refractivity contribution is 5.86. The van der Waals surface area contributed by atoms with Crippen molar-refractivity contribution < 1.29 is 4.79 Å². The molecule has 0 spiro atoms. The van der Waals surface area contributed by atoms with Crippen LogP contribution in [0.2, 0.25) is 0 Å². The van der Waals surface area contributed by atoms with Gasteiger partial charge in [0, 0.05) is 6.54 Å². The van der Waals surface area contributed by atoms with Gasteiger partial charge < -0.3 is 5.32 Å². The van der Waals surface area contributed by atoms with Gasteiger partial charge in [0.05, 0.1) is 12.5 Å². The van der Waals surface area contributed by atoms with Crippen molar-refractivity contribution in [3.05, 3.63) is 83.4 Å². The Hall–Kier alpha value is -2.65.